The molecule has 0 radical (unpaired) electrons. The maximum atomic E-state index is 13.1. The maximum absolute atomic E-state index is 13.1. The number of benzene rings is 1. The van der Waals surface area contributed by atoms with Crippen LogP contribution in [0, 0.1) is 6.92 Å². The Labute approximate surface area is 192 Å². The summed E-state index contributed by atoms with van der Waals surface area (Å²) in [4.78, 5) is 48.1. The molecule has 1 atom stereocenters. The molecule has 2 aromatic heterocycles. The van der Waals surface area contributed by atoms with Crippen LogP contribution in [0.4, 0.5) is 5.13 Å². The van der Waals surface area contributed by atoms with Gasteiger partial charge >= 0.3 is 11.9 Å². The molecule has 1 amide bonds. The van der Waals surface area contributed by atoms with Crippen LogP contribution >= 0.6 is 11.3 Å². The van der Waals surface area contributed by atoms with Gasteiger partial charge in [0.2, 0.25) is 0 Å². The number of thiazole rings is 1. The summed E-state index contributed by atoms with van der Waals surface area (Å²) in [5.74, 6) is -2.73. The van der Waals surface area contributed by atoms with Gasteiger partial charge < -0.3 is 14.9 Å². The van der Waals surface area contributed by atoms with Gasteiger partial charge in [-0.25, -0.2) is 9.78 Å². The highest BCUT2D eigenvalue weighted by atomic mass is 32.1. The lowest BCUT2D eigenvalue weighted by molar-refractivity contribution is -0.132. The molecule has 1 saturated heterocycles. The van der Waals surface area contributed by atoms with Crippen molar-refractivity contribution >= 4 is 39.9 Å². The fourth-order valence-corrected chi connectivity index (χ4v) is 4.53. The number of ether oxygens (including phenoxy) is 1. The van der Waals surface area contributed by atoms with E-state index in [9.17, 15) is 24.6 Å². The third-order valence-corrected chi connectivity index (χ3v) is 6.20. The Balaban J connectivity index is 1.90. The van der Waals surface area contributed by atoms with Gasteiger partial charge in [-0.2, -0.15) is 0 Å². The van der Waals surface area contributed by atoms with Gasteiger partial charge in [0.05, 0.1) is 23.9 Å². The molecular formula is C23H19N3O6S. The van der Waals surface area contributed by atoms with E-state index in [0.717, 1.165) is 16.2 Å². The number of anilines is 1. The second kappa shape index (κ2) is 8.83. The maximum Gasteiger partial charge on any atom is 0.350 e. The van der Waals surface area contributed by atoms with E-state index in [4.69, 9.17) is 4.74 Å². The highest BCUT2D eigenvalue weighted by molar-refractivity contribution is 7.17. The number of aliphatic hydroxyl groups is 1. The fourth-order valence-electron chi connectivity index (χ4n) is 3.54. The Hall–Kier alpha value is -4.05. The average Bonchev–Trinajstić information content (AvgIpc) is 3.32. The minimum Gasteiger partial charge on any atom is -0.508 e. The van der Waals surface area contributed by atoms with Crippen LogP contribution in [0.25, 0.3) is 5.76 Å². The topological polar surface area (TPSA) is 130 Å². The molecule has 0 bridgehead atoms. The van der Waals surface area contributed by atoms with Gasteiger partial charge in [0.1, 0.15) is 16.4 Å². The normalized spacial score (nSPS) is 17.4. The SMILES string of the molecule is CCOC(=O)c1sc(N2C(=O)C(=O)/C(=C(/O)c3ccncc3)C2c2ccc(O)cc2)nc1C. The molecule has 1 aromatic carbocycles. The summed E-state index contributed by atoms with van der Waals surface area (Å²) in [5.41, 5.74) is 0.999. The van der Waals surface area contributed by atoms with E-state index < -0.39 is 23.7 Å². The number of ketones is 1. The minimum atomic E-state index is -1.03. The van der Waals surface area contributed by atoms with E-state index >= 15 is 0 Å². The molecule has 10 heteroatoms. The number of nitrogens with zero attached hydrogens (tertiary/aromatic N) is 3. The number of aromatic hydroxyl groups is 1. The number of aryl methyl sites for hydroxylation is 1. The van der Waals surface area contributed by atoms with Gasteiger partial charge in [0.25, 0.3) is 5.78 Å². The lowest BCUT2D eigenvalue weighted by Gasteiger charge is -2.23. The molecule has 4 rings (SSSR count). The minimum absolute atomic E-state index is 0.000439. The molecule has 168 valence electrons. The summed E-state index contributed by atoms with van der Waals surface area (Å²) in [6.07, 6.45) is 2.91. The first-order valence-electron chi connectivity index (χ1n) is 9.98. The Kier molecular flexibility index (Phi) is 5.93. The number of esters is 1. The van der Waals surface area contributed by atoms with Gasteiger partial charge in [-0.3, -0.25) is 19.5 Å². The molecule has 1 aliphatic rings. The fraction of sp³-hybridized carbons (Fsp3) is 0.174. The molecule has 0 saturated carbocycles. The van der Waals surface area contributed by atoms with Crippen molar-refractivity contribution in [2.75, 3.05) is 11.5 Å². The Morgan fingerprint density at radius 3 is 2.45 bits per heavy atom. The Morgan fingerprint density at radius 1 is 1.15 bits per heavy atom. The van der Waals surface area contributed by atoms with Crippen molar-refractivity contribution in [3.05, 3.63) is 76.1 Å². The Morgan fingerprint density at radius 2 is 1.82 bits per heavy atom. The first-order valence-corrected chi connectivity index (χ1v) is 10.8. The number of aliphatic hydroxyl groups excluding tert-OH is 1. The van der Waals surface area contributed by atoms with Crippen molar-refractivity contribution in [3.8, 4) is 5.75 Å². The van der Waals surface area contributed by atoms with Crippen molar-refractivity contribution in [3.63, 3.8) is 0 Å². The largest absolute Gasteiger partial charge is 0.508 e. The van der Waals surface area contributed by atoms with Crippen LogP contribution < -0.4 is 4.90 Å². The lowest BCUT2D eigenvalue weighted by atomic mass is 9.95. The standard InChI is InChI=1S/C23H19N3O6S/c1-3-32-22(31)20-12(2)25-23(33-20)26-17(13-4-6-15(27)7-5-13)16(19(29)21(26)30)18(28)14-8-10-24-11-9-14/h4-11,17,27-28H,3H2,1-2H3/b18-16+. The number of pyridine rings is 1. The van der Waals surface area contributed by atoms with Crippen molar-refractivity contribution in [2.24, 2.45) is 0 Å². The number of Topliss-reactive ketones (excluding diaryl/α,β-unsaturated/α-hetero) is 1. The lowest BCUT2D eigenvalue weighted by Crippen LogP contribution is -2.29. The number of rotatable bonds is 5. The number of carbonyl (C=O) groups excluding carboxylic acids is 3. The summed E-state index contributed by atoms with van der Waals surface area (Å²) in [7, 11) is 0. The summed E-state index contributed by atoms with van der Waals surface area (Å²) >= 11 is 0.925. The molecule has 1 fully saturated rings. The quantitative estimate of drug-likeness (QED) is 0.254. The average molecular weight is 465 g/mol. The van der Waals surface area contributed by atoms with Crippen molar-refractivity contribution in [1.82, 2.24) is 9.97 Å². The van der Waals surface area contributed by atoms with E-state index in [1.54, 1.807) is 26.0 Å². The molecule has 2 N–H and O–H groups in total. The zero-order valence-electron chi connectivity index (χ0n) is 17.7. The van der Waals surface area contributed by atoms with Gasteiger partial charge in [0.15, 0.2) is 5.13 Å². The van der Waals surface area contributed by atoms with Gasteiger partial charge in [0, 0.05) is 18.0 Å². The van der Waals surface area contributed by atoms with E-state index in [1.165, 1.54) is 36.7 Å². The number of phenols is 1. The van der Waals surface area contributed by atoms with Gasteiger partial charge in [-0.1, -0.05) is 23.5 Å². The molecule has 1 aliphatic heterocycles. The van der Waals surface area contributed by atoms with Crippen LogP contribution in [0.2, 0.25) is 0 Å². The predicted molar refractivity (Wildman–Crippen MR) is 120 cm³/mol. The zero-order valence-corrected chi connectivity index (χ0v) is 18.5. The smallest absolute Gasteiger partial charge is 0.350 e. The summed E-state index contributed by atoms with van der Waals surface area (Å²) in [5, 5.41) is 20.8. The van der Waals surface area contributed by atoms with Crippen molar-refractivity contribution in [1.29, 1.82) is 0 Å². The first-order chi connectivity index (χ1) is 15.8. The number of carbonyl (C=O) groups is 3. The number of aromatic nitrogens is 2. The number of amides is 1. The second-order valence-corrected chi connectivity index (χ2v) is 8.11. The predicted octanol–water partition coefficient (Wildman–Crippen LogP) is 3.36. The zero-order chi connectivity index (χ0) is 23.7. The van der Waals surface area contributed by atoms with Crippen LogP contribution in [0.3, 0.4) is 0 Å². The molecule has 1 unspecified atom stereocenters. The highest BCUT2D eigenvalue weighted by Crippen LogP contribution is 2.44. The monoisotopic (exact) mass is 465 g/mol. The van der Waals surface area contributed by atoms with E-state index in [-0.39, 0.29) is 33.7 Å². The van der Waals surface area contributed by atoms with E-state index in [1.807, 2.05) is 0 Å². The van der Waals surface area contributed by atoms with Crippen LogP contribution in [-0.2, 0) is 14.3 Å². The number of phenolic OH excluding ortho intramolecular Hbond substituents is 1. The van der Waals surface area contributed by atoms with Gasteiger partial charge in [-0.15, -0.1) is 0 Å². The van der Waals surface area contributed by atoms with E-state index in [0.29, 0.717) is 16.8 Å². The number of hydrogen-bond acceptors (Lipinski definition) is 9. The second-order valence-electron chi connectivity index (χ2n) is 7.13. The molecule has 3 aromatic rings. The molecular weight excluding hydrogens is 446 g/mol. The first kappa shape index (κ1) is 22.2. The number of hydrogen-bond donors (Lipinski definition) is 2. The molecule has 9 nitrogen and oxygen atoms in total. The summed E-state index contributed by atoms with van der Waals surface area (Å²) < 4.78 is 5.05. The highest BCUT2D eigenvalue weighted by Gasteiger charge is 2.48. The molecule has 33 heavy (non-hydrogen) atoms. The third kappa shape index (κ3) is 3.96. The van der Waals surface area contributed by atoms with Crippen LogP contribution in [0.15, 0.2) is 54.4 Å². The van der Waals surface area contributed by atoms with Crippen molar-refractivity contribution in [2.45, 2.75) is 19.9 Å². The van der Waals surface area contributed by atoms with E-state index in [2.05, 4.69) is 9.97 Å². The van der Waals surface area contributed by atoms with Crippen LogP contribution in [0.1, 0.15) is 39.5 Å². The van der Waals surface area contributed by atoms with Crippen LogP contribution in [0.5, 0.6) is 5.75 Å². The van der Waals surface area contributed by atoms with Crippen LogP contribution in [-0.4, -0.2) is 44.4 Å². The Bertz CT molecular complexity index is 1270. The van der Waals surface area contributed by atoms with Gasteiger partial charge in [-0.05, 0) is 43.7 Å². The summed E-state index contributed by atoms with van der Waals surface area (Å²) in [6, 6.07) is 7.93. The summed E-state index contributed by atoms with van der Waals surface area (Å²) in [6.45, 7) is 3.46. The van der Waals surface area contributed by atoms with Crippen molar-refractivity contribution < 1.29 is 29.3 Å². The molecule has 0 aliphatic carbocycles. The molecule has 0 spiro atoms. The third-order valence-electron chi connectivity index (χ3n) is 5.06. The molecule has 3 heterocycles.